The smallest absolute Gasteiger partial charge is 0.342 e. The van der Waals surface area contributed by atoms with Gasteiger partial charge in [-0.1, -0.05) is 11.6 Å². The van der Waals surface area contributed by atoms with Crippen LogP contribution in [0.3, 0.4) is 0 Å². The molecule has 0 aliphatic rings. The van der Waals surface area contributed by atoms with Crippen LogP contribution in [0.4, 0.5) is 5.00 Å². The molecule has 0 aliphatic heterocycles. The second-order valence-corrected chi connectivity index (χ2v) is 5.60. The van der Waals surface area contributed by atoms with Crippen LogP contribution in [0.5, 0.6) is 5.75 Å². The van der Waals surface area contributed by atoms with E-state index in [1.165, 1.54) is 30.6 Å². The zero-order valence-corrected chi connectivity index (χ0v) is 13.5. The van der Waals surface area contributed by atoms with Gasteiger partial charge >= 0.3 is 5.97 Å². The summed E-state index contributed by atoms with van der Waals surface area (Å²) in [7, 11) is 1.41. The molecule has 2 rings (SSSR count). The molecular formula is C15H11ClN2O4S. The first kappa shape index (κ1) is 16.8. The van der Waals surface area contributed by atoms with Crippen molar-refractivity contribution in [2.45, 2.75) is 0 Å². The van der Waals surface area contributed by atoms with Crippen molar-refractivity contribution in [3.8, 4) is 11.8 Å². The number of methoxy groups -OCH3 is 1. The fourth-order valence-corrected chi connectivity index (χ4v) is 2.63. The number of rotatable bonds is 5. The first-order valence-electron chi connectivity index (χ1n) is 6.33. The zero-order chi connectivity index (χ0) is 16.8. The lowest BCUT2D eigenvalue weighted by Gasteiger charge is -2.09. The van der Waals surface area contributed by atoms with Crippen molar-refractivity contribution >= 4 is 39.8 Å². The summed E-state index contributed by atoms with van der Waals surface area (Å²) in [6.07, 6.45) is 0. The molecule has 0 spiro atoms. The summed E-state index contributed by atoms with van der Waals surface area (Å²) in [6, 6.07) is 8.04. The molecule has 6 nitrogen and oxygen atoms in total. The van der Waals surface area contributed by atoms with Gasteiger partial charge in [0.05, 0.1) is 12.7 Å². The summed E-state index contributed by atoms with van der Waals surface area (Å²) < 4.78 is 9.99. The van der Waals surface area contributed by atoms with Gasteiger partial charge in [-0.15, -0.1) is 11.3 Å². The highest BCUT2D eigenvalue weighted by Gasteiger charge is 2.16. The van der Waals surface area contributed by atoms with Gasteiger partial charge in [0, 0.05) is 5.02 Å². The summed E-state index contributed by atoms with van der Waals surface area (Å²) in [5.41, 5.74) is 0.479. The van der Waals surface area contributed by atoms with E-state index in [1.807, 2.05) is 6.07 Å². The minimum Gasteiger partial charge on any atom is -0.496 e. The largest absolute Gasteiger partial charge is 0.496 e. The number of hydrogen-bond acceptors (Lipinski definition) is 6. The van der Waals surface area contributed by atoms with E-state index in [0.29, 0.717) is 21.3 Å². The van der Waals surface area contributed by atoms with Crippen molar-refractivity contribution in [2.24, 2.45) is 0 Å². The maximum atomic E-state index is 12.0. The highest BCUT2D eigenvalue weighted by Crippen LogP contribution is 2.24. The number of thiophene rings is 1. The number of carbonyl (C=O) groups is 2. The standard InChI is InChI=1S/C15H11ClN2O4S/c1-21-12-3-2-10(16)6-11(12)15(20)22-8-13(19)18-14-9(7-17)4-5-23-14/h2-6H,8H2,1H3,(H,18,19). The number of amides is 1. The Kier molecular flexibility index (Phi) is 5.57. The number of nitrogens with one attached hydrogen (secondary N) is 1. The Balaban J connectivity index is 1.98. The number of benzene rings is 1. The number of nitrogens with zero attached hydrogens (tertiary/aromatic N) is 1. The van der Waals surface area contributed by atoms with Gasteiger partial charge in [0.1, 0.15) is 22.4 Å². The molecule has 0 radical (unpaired) electrons. The summed E-state index contributed by atoms with van der Waals surface area (Å²) >= 11 is 7.05. The predicted octanol–water partition coefficient (Wildman–Crippen LogP) is 3.08. The number of carbonyl (C=O) groups excluding carboxylic acids is 2. The second-order valence-electron chi connectivity index (χ2n) is 4.24. The van der Waals surface area contributed by atoms with Crippen LogP contribution in [-0.4, -0.2) is 25.6 Å². The number of anilines is 1. The number of hydrogen-bond donors (Lipinski definition) is 1. The number of nitriles is 1. The Bertz CT molecular complexity index is 782. The third-order valence-electron chi connectivity index (χ3n) is 2.75. The third kappa shape index (κ3) is 4.22. The normalized spacial score (nSPS) is 9.78. The Labute approximate surface area is 141 Å². The van der Waals surface area contributed by atoms with Gasteiger partial charge in [-0.2, -0.15) is 5.26 Å². The molecule has 1 aromatic carbocycles. The van der Waals surface area contributed by atoms with Gasteiger partial charge in [-0.25, -0.2) is 4.79 Å². The average Bonchev–Trinajstić information content (AvgIpc) is 2.99. The first-order valence-corrected chi connectivity index (χ1v) is 7.59. The van der Waals surface area contributed by atoms with Crippen molar-refractivity contribution in [1.82, 2.24) is 0 Å². The molecule has 0 bridgehead atoms. The van der Waals surface area contributed by atoms with Crippen molar-refractivity contribution in [3.05, 3.63) is 45.8 Å². The molecule has 0 saturated carbocycles. The molecule has 1 aromatic heterocycles. The molecule has 1 amide bonds. The molecular weight excluding hydrogens is 340 g/mol. The van der Waals surface area contributed by atoms with Crippen molar-refractivity contribution < 1.29 is 19.1 Å². The van der Waals surface area contributed by atoms with E-state index in [1.54, 1.807) is 17.5 Å². The number of ether oxygens (including phenoxy) is 2. The van der Waals surface area contributed by atoms with Crippen LogP contribution in [0.15, 0.2) is 29.6 Å². The summed E-state index contributed by atoms with van der Waals surface area (Å²) in [5, 5.41) is 13.8. The summed E-state index contributed by atoms with van der Waals surface area (Å²) in [4.78, 5) is 23.8. The Morgan fingerprint density at radius 2 is 2.17 bits per heavy atom. The Hall–Kier alpha value is -2.56. The maximum absolute atomic E-state index is 12.0. The van der Waals surface area contributed by atoms with E-state index < -0.39 is 18.5 Å². The van der Waals surface area contributed by atoms with Gasteiger partial charge in [-0.05, 0) is 29.6 Å². The second kappa shape index (κ2) is 7.63. The number of esters is 1. The topological polar surface area (TPSA) is 88.4 Å². The van der Waals surface area contributed by atoms with E-state index in [2.05, 4.69) is 5.32 Å². The van der Waals surface area contributed by atoms with Crippen molar-refractivity contribution in [2.75, 3.05) is 19.0 Å². The SMILES string of the molecule is COc1ccc(Cl)cc1C(=O)OCC(=O)Nc1sccc1C#N. The van der Waals surface area contributed by atoms with Crippen LogP contribution < -0.4 is 10.1 Å². The van der Waals surface area contributed by atoms with Gasteiger partial charge in [0.25, 0.3) is 5.91 Å². The monoisotopic (exact) mass is 350 g/mol. The van der Waals surface area contributed by atoms with Crippen LogP contribution >= 0.6 is 22.9 Å². The molecule has 1 N–H and O–H groups in total. The molecule has 0 aliphatic carbocycles. The third-order valence-corrected chi connectivity index (χ3v) is 3.82. The highest BCUT2D eigenvalue weighted by molar-refractivity contribution is 7.14. The Morgan fingerprint density at radius 3 is 2.87 bits per heavy atom. The molecule has 0 unspecified atom stereocenters. The molecule has 0 atom stereocenters. The van der Waals surface area contributed by atoms with E-state index in [-0.39, 0.29) is 5.56 Å². The quantitative estimate of drug-likeness (QED) is 0.837. The van der Waals surface area contributed by atoms with Gasteiger partial charge in [0.2, 0.25) is 0 Å². The van der Waals surface area contributed by atoms with Gasteiger partial charge < -0.3 is 14.8 Å². The molecule has 1 heterocycles. The van der Waals surface area contributed by atoms with Crippen LogP contribution in [0.25, 0.3) is 0 Å². The molecule has 0 fully saturated rings. The van der Waals surface area contributed by atoms with Crippen LogP contribution in [0.1, 0.15) is 15.9 Å². The lowest BCUT2D eigenvalue weighted by molar-refractivity contribution is -0.119. The van der Waals surface area contributed by atoms with Crippen LogP contribution in [0.2, 0.25) is 5.02 Å². The molecule has 0 saturated heterocycles. The van der Waals surface area contributed by atoms with Gasteiger partial charge in [-0.3, -0.25) is 4.79 Å². The number of halogens is 1. The summed E-state index contributed by atoms with van der Waals surface area (Å²) in [5.74, 6) is -0.977. The maximum Gasteiger partial charge on any atom is 0.342 e. The van der Waals surface area contributed by atoms with E-state index in [0.717, 1.165) is 0 Å². The highest BCUT2D eigenvalue weighted by atomic mass is 35.5. The Morgan fingerprint density at radius 1 is 1.39 bits per heavy atom. The van der Waals surface area contributed by atoms with Gasteiger partial charge in [0.15, 0.2) is 6.61 Å². The first-order chi connectivity index (χ1) is 11.0. The minimum atomic E-state index is -0.730. The minimum absolute atomic E-state index is 0.127. The lowest BCUT2D eigenvalue weighted by Crippen LogP contribution is -2.21. The fourth-order valence-electron chi connectivity index (χ4n) is 1.71. The van der Waals surface area contributed by atoms with Crippen LogP contribution in [-0.2, 0) is 9.53 Å². The lowest BCUT2D eigenvalue weighted by atomic mass is 10.2. The molecule has 2 aromatic rings. The molecule has 23 heavy (non-hydrogen) atoms. The van der Waals surface area contributed by atoms with E-state index in [4.69, 9.17) is 26.3 Å². The van der Waals surface area contributed by atoms with Crippen molar-refractivity contribution in [3.63, 3.8) is 0 Å². The average molecular weight is 351 g/mol. The van der Waals surface area contributed by atoms with Crippen molar-refractivity contribution in [1.29, 1.82) is 5.26 Å². The predicted molar refractivity (Wildman–Crippen MR) is 86.0 cm³/mol. The summed E-state index contributed by atoms with van der Waals surface area (Å²) in [6.45, 7) is -0.489. The fraction of sp³-hybridized carbons (Fsp3) is 0.133. The van der Waals surface area contributed by atoms with E-state index in [9.17, 15) is 9.59 Å². The van der Waals surface area contributed by atoms with Crippen LogP contribution in [0, 0.1) is 11.3 Å². The molecule has 118 valence electrons. The zero-order valence-electron chi connectivity index (χ0n) is 12.0. The van der Waals surface area contributed by atoms with E-state index >= 15 is 0 Å². The molecule has 8 heteroatoms.